The van der Waals surface area contributed by atoms with E-state index >= 15 is 0 Å². The smallest absolute Gasteiger partial charge is 0.387 e. The minimum absolute atomic E-state index is 0.0213. The highest BCUT2D eigenvalue weighted by Gasteiger charge is 2.22. The Labute approximate surface area is 160 Å². The molecule has 0 unspecified atom stereocenters. The van der Waals surface area contributed by atoms with Crippen molar-refractivity contribution >= 4 is 11.8 Å². The molecule has 1 aliphatic heterocycles. The highest BCUT2D eigenvalue weighted by atomic mass is 19.3. The van der Waals surface area contributed by atoms with Crippen LogP contribution in [0.3, 0.4) is 0 Å². The van der Waals surface area contributed by atoms with Gasteiger partial charge >= 0.3 is 6.61 Å². The van der Waals surface area contributed by atoms with Crippen LogP contribution in [-0.4, -0.2) is 67.5 Å². The molecule has 150 valence electrons. The van der Waals surface area contributed by atoms with Crippen molar-refractivity contribution in [3.05, 3.63) is 54.0 Å². The van der Waals surface area contributed by atoms with Crippen molar-refractivity contribution in [2.24, 2.45) is 0 Å². The molecule has 1 fully saturated rings. The van der Waals surface area contributed by atoms with Gasteiger partial charge < -0.3 is 19.4 Å². The van der Waals surface area contributed by atoms with Crippen molar-refractivity contribution in [1.29, 1.82) is 0 Å². The summed E-state index contributed by atoms with van der Waals surface area (Å²) in [6.45, 7) is 0.760. The highest BCUT2D eigenvalue weighted by molar-refractivity contribution is 5.94. The third-order valence-electron chi connectivity index (χ3n) is 4.44. The molecule has 0 aliphatic carbocycles. The van der Waals surface area contributed by atoms with Gasteiger partial charge in [0.2, 0.25) is 0 Å². The van der Waals surface area contributed by atoms with Crippen LogP contribution in [0.2, 0.25) is 0 Å². The quantitative estimate of drug-likeness (QED) is 0.780. The van der Waals surface area contributed by atoms with Gasteiger partial charge in [0.1, 0.15) is 5.75 Å². The first-order valence-electron chi connectivity index (χ1n) is 8.91. The number of hydrogen-bond acceptors (Lipinski definition) is 5. The second-order valence-electron chi connectivity index (χ2n) is 6.27. The number of furan rings is 1. The maximum atomic E-state index is 12.5. The summed E-state index contributed by atoms with van der Waals surface area (Å²) in [6, 6.07) is 8.94. The van der Waals surface area contributed by atoms with Crippen molar-refractivity contribution in [1.82, 2.24) is 15.1 Å². The molecule has 7 nitrogen and oxygen atoms in total. The molecular formula is C19H21F2N3O4. The summed E-state index contributed by atoms with van der Waals surface area (Å²) in [5.41, 5.74) is 0.431. The maximum Gasteiger partial charge on any atom is 0.387 e. The Morgan fingerprint density at radius 3 is 2.43 bits per heavy atom. The van der Waals surface area contributed by atoms with Gasteiger partial charge in [-0.25, -0.2) is 0 Å². The Hall–Kier alpha value is -2.94. The van der Waals surface area contributed by atoms with Crippen molar-refractivity contribution in [3.8, 4) is 5.75 Å². The molecule has 1 saturated heterocycles. The van der Waals surface area contributed by atoms with Crippen LogP contribution in [0.15, 0.2) is 47.1 Å². The number of hydrogen-bond donors (Lipinski definition) is 1. The Balaban J connectivity index is 1.40. The molecule has 1 aromatic heterocycles. The molecule has 2 heterocycles. The molecule has 0 atom stereocenters. The maximum absolute atomic E-state index is 12.5. The van der Waals surface area contributed by atoms with E-state index in [0.717, 1.165) is 0 Å². The van der Waals surface area contributed by atoms with E-state index in [4.69, 9.17) is 4.42 Å². The SMILES string of the molecule is O=C(NCCN1CCN(C(=O)c2ccc(OC(F)F)cc2)CC1)c1ccco1. The van der Waals surface area contributed by atoms with E-state index in [0.29, 0.717) is 44.8 Å². The Kier molecular flexibility index (Phi) is 6.59. The van der Waals surface area contributed by atoms with Gasteiger partial charge in [-0.1, -0.05) is 0 Å². The normalized spacial score (nSPS) is 14.9. The van der Waals surface area contributed by atoms with Crippen LogP contribution in [-0.2, 0) is 0 Å². The van der Waals surface area contributed by atoms with E-state index in [1.807, 2.05) is 0 Å². The van der Waals surface area contributed by atoms with Crippen LogP contribution in [0.25, 0.3) is 0 Å². The third kappa shape index (κ3) is 5.29. The van der Waals surface area contributed by atoms with Gasteiger partial charge in [0.05, 0.1) is 6.26 Å². The van der Waals surface area contributed by atoms with Gasteiger partial charge in [-0.3, -0.25) is 14.5 Å². The molecule has 0 saturated carbocycles. The lowest BCUT2D eigenvalue weighted by Crippen LogP contribution is -2.50. The van der Waals surface area contributed by atoms with E-state index < -0.39 is 6.61 Å². The van der Waals surface area contributed by atoms with Crippen LogP contribution in [0.1, 0.15) is 20.9 Å². The van der Waals surface area contributed by atoms with Gasteiger partial charge in [0.15, 0.2) is 5.76 Å². The fourth-order valence-electron chi connectivity index (χ4n) is 2.96. The zero-order valence-electron chi connectivity index (χ0n) is 15.1. The number of halogens is 2. The van der Waals surface area contributed by atoms with E-state index in [1.54, 1.807) is 17.0 Å². The topological polar surface area (TPSA) is 75.0 Å². The van der Waals surface area contributed by atoms with Crippen molar-refractivity contribution in [2.75, 3.05) is 39.3 Å². The number of benzene rings is 1. The standard InChI is InChI=1S/C19H21F2N3O4/c20-19(21)28-15-5-3-14(4-6-15)18(26)24-11-9-23(10-12-24)8-7-22-17(25)16-2-1-13-27-16/h1-6,13,19H,7-12H2,(H,22,25). The minimum atomic E-state index is -2.89. The lowest BCUT2D eigenvalue weighted by Gasteiger charge is -2.34. The zero-order valence-corrected chi connectivity index (χ0v) is 15.1. The predicted molar refractivity (Wildman–Crippen MR) is 96.5 cm³/mol. The summed E-state index contributed by atoms with van der Waals surface area (Å²) in [4.78, 5) is 28.2. The number of nitrogens with one attached hydrogen (secondary N) is 1. The van der Waals surface area contributed by atoms with Gasteiger partial charge in [-0.2, -0.15) is 8.78 Å². The molecule has 1 aromatic carbocycles. The van der Waals surface area contributed by atoms with Crippen molar-refractivity contribution in [2.45, 2.75) is 6.61 Å². The molecule has 1 N–H and O–H groups in total. The van der Waals surface area contributed by atoms with Crippen LogP contribution in [0, 0.1) is 0 Å². The molecule has 9 heteroatoms. The molecule has 0 radical (unpaired) electrons. The number of nitrogens with zero attached hydrogens (tertiary/aromatic N) is 2. The first-order valence-corrected chi connectivity index (χ1v) is 8.91. The fourth-order valence-corrected chi connectivity index (χ4v) is 2.96. The molecular weight excluding hydrogens is 372 g/mol. The molecule has 2 aromatic rings. The number of carbonyl (C=O) groups excluding carboxylic acids is 2. The molecule has 3 rings (SSSR count). The average molecular weight is 393 g/mol. The molecule has 1 aliphatic rings. The Morgan fingerprint density at radius 2 is 1.82 bits per heavy atom. The summed E-state index contributed by atoms with van der Waals surface area (Å²) in [5.74, 6) is -0.0965. The predicted octanol–water partition coefficient (Wildman–Crippen LogP) is 2.07. The monoisotopic (exact) mass is 393 g/mol. The number of ether oxygens (including phenoxy) is 1. The summed E-state index contributed by atoms with van der Waals surface area (Å²) in [6.07, 6.45) is 1.45. The lowest BCUT2D eigenvalue weighted by atomic mass is 10.1. The highest BCUT2D eigenvalue weighted by Crippen LogP contribution is 2.16. The van der Waals surface area contributed by atoms with E-state index in [1.165, 1.54) is 30.5 Å². The second-order valence-corrected chi connectivity index (χ2v) is 6.27. The molecule has 28 heavy (non-hydrogen) atoms. The fraction of sp³-hybridized carbons (Fsp3) is 0.368. The van der Waals surface area contributed by atoms with Crippen molar-refractivity contribution < 1.29 is 27.5 Å². The number of rotatable bonds is 7. The Morgan fingerprint density at radius 1 is 1.11 bits per heavy atom. The van der Waals surface area contributed by atoms with Crippen LogP contribution >= 0.6 is 0 Å². The van der Waals surface area contributed by atoms with Crippen LogP contribution < -0.4 is 10.1 Å². The van der Waals surface area contributed by atoms with Gasteiger partial charge in [0.25, 0.3) is 11.8 Å². The third-order valence-corrected chi connectivity index (χ3v) is 4.44. The molecule has 0 spiro atoms. The summed E-state index contributed by atoms with van der Waals surface area (Å²) >= 11 is 0. The Bertz CT molecular complexity index is 773. The average Bonchev–Trinajstić information content (AvgIpc) is 3.23. The van der Waals surface area contributed by atoms with E-state index in [-0.39, 0.29) is 23.3 Å². The number of carbonyl (C=O) groups is 2. The number of alkyl halides is 2. The van der Waals surface area contributed by atoms with Gasteiger partial charge in [-0.05, 0) is 36.4 Å². The van der Waals surface area contributed by atoms with E-state index in [2.05, 4.69) is 15.0 Å². The first kappa shape index (κ1) is 19.8. The lowest BCUT2D eigenvalue weighted by molar-refractivity contribution is -0.0498. The molecule has 0 bridgehead atoms. The van der Waals surface area contributed by atoms with Gasteiger partial charge in [0, 0.05) is 44.8 Å². The van der Waals surface area contributed by atoms with Crippen molar-refractivity contribution in [3.63, 3.8) is 0 Å². The first-order chi connectivity index (χ1) is 13.5. The van der Waals surface area contributed by atoms with E-state index in [9.17, 15) is 18.4 Å². The molecule has 2 amide bonds. The van der Waals surface area contributed by atoms with Crippen LogP contribution in [0.5, 0.6) is 5.75 Å². The zero-order chi connectivity index (χ0) is 19.9. The summed E-state index contributed by atoms with van der Waals surface area (Å²) in [7, 11) is 0. The van der Waals surface area contributed by atoms with Crippen LogP contribution in [0.4, 0.5) is 8.78 Å². The second kappa shape index (κ2) is 9.32. The number of piperazine rings is 1. The number of amides is 2. The summed E-state index contributed by atoms with van der Waals surface area (Å²) in [5, 5.41) is 2.79. The largest absolute Gasteiger partial charge is 0.459 e. The minimum Gasteiger partial charge on any atom is -0.459 e. The summed E-state index contributed by atoms with van der Waals surface area (Å²) < 4.78 is 33.7. The van der Waals surface area contributed by atoms with Gasteiger partial charge in [-0.15, -0.1) is 0 Å².